The van der Waals surface area contributed by atoms with Crippen LogP contribution in [0.2, 0.25) is 0 Å². The molecule has 0 spiro atoms. The van der Waals surface area contributed by atoms with Crippen LogP contribution in [0.5, 0.6) is 28.7 Å². The Balaban J connectivity index is 1.93. The molecule has 40 heavy (non-hydrogen) atoms. The molecule has 9 nitrogen and oxygen atoms in total. The van der Waals surface area contributed by atoms with Crippen LogP contribution in [0, 0.1) is 6.92 Å². The quantitative estimate of drug-likeness (QED) is 0.192. The predicted molar refractivity (Wildman–Crippen MR) is 152 cm³/mol. The fraction of sp³-hybridized carbons (Fsp3) is 0.172. The van der Waals surface area contributed by atoms with E-state index >= 15 is 0 Å². The average molecular weight is 584 g/mol. The van der Waals surface area contributed by atoms with Crippen LogP contribution in [0.15, 0.2) is 102 Å². The second-order valence-electron chi connectivity index (χ2n) is 8.64. The second-order valence-corrected chi connectivity index (χ2v) is 12.3. The lowest BCUT2D eigenvalue weighted by Gasteiger charge is -2.29. The Morgan fingerprint density at radius 3 is 1.60 bits per heavy atom. The fourth-order valence-electron chi connectivity index (χ4n) is 3.89. The van der Waals surface area contributed by atoms with E-state index < -0.39 is 23.4 Å². The zero-order valence-electron chi connectivity index (χ0n) is 22.4. The van der Waals surface area contributed by atoms with Crippen LogP contribution in [0.3, 0.4) is 0 Å². The van der Waals surface area contributed by atoms with Gasteiger partial charge in [-0.25, -0.2) is 13.0 Å². The van der Waals surface area contributed by atoms with Crippen molar-refractivity contribution in [2.45, 2.75) is 17.6 Å². The molecule has 0 aliphatic heterocycles. The summed E-state index contributed by atoms with van der Waals surface area (Å²) in [5.41, 5.74) is 1.08. The number of methoxy groups -OCH3 is 3. The molecule has 4 rings (SSSR count). The lowest BCUT2D eigenvalue weighted by atomic mass is 10.2. The van der Waals surface area contributed by atoms with Gasteiger partial charge in [0.1, 0.15) is 11.5 Å². The van der Waals surface area contributed by atoms with Gasteiger partial charge in [-0.2, -0.15) is 4.72 Å². The van der Waals surface area contributed by atoms with Gasteiger partial charge in [0.25, 0.3) is 0 Å². The van der Waals surface area contributed by atoms with Crippen LogP contribution in [0.4, 0.5) is 0 Å². The number of sulfonamides is 1. The van der Waals surface area contributed by atoms with E-state index in [1.165, 1.54) is 45.6 Å². The fourth-order valence-corrected chi connectivity index (χ4v) is 7.47. The number of aryl methyl sites for hydroxylation is 1. The highest BCUT2D eigenvalue weighted by atomic mass is 32.2. The molecule has 4 aromatic carbocycles. The minimum atomic E-state index is -4.45. The molecule has 0 fully saturated rings. The maximum Gasteiger partial charge on any atom is 0.453 e. The Hall–Kier alpha value is -3.98. The molecular formula is C29H30NO8PS. The lowest BCUT2D eigenvalue weighted by Crippen LogP contribution is -2.31. The summed E-state index contributed by atoms with van der Waals surface area (Å²) in [7, 11) is -4.40. The Morgan fingerprint density at radius 1 is 0.700 bits per heavy atom. The van der Waals surface area contributed by atoms with Gasteiger partial charge in [0.2, 0.25) is 15.8 Å². The van der Waals surface area contributed by atoms with Gasteiger partial charge < -0.3 is 23.3 Å². The summed E-state index contributed by atoms with van der Waals surface area (Å²) in [5, 5.41) is 0. The van der Waals surface area contributed by atoms with Gasteiger partial charge >= 0.3 is 7.60 Å². The van der Waals surface area contributed by atoms with Crippen molar-refractivity contribution in [3.63, 3.8) is 0 Å². The zero-order valence-corrected chi connectivity index (χ0v) is 24.1. The van der Waals surface area contributed by atoms with Gasteiger partial charge in [0.15, 0.2) is 17.3 Å². The van der Waals surface area contributed by atoms with Crippen molar-refractivity contribution < 1.29 is 36.2 Å². The highest BCUT2D eigenvalue weighted by molar-refractivity contribution is 7.89. The average Bonchev–Trinajstić information content (AvgIpc) is 2.96. The maximum atomic E-state index is 14.9. The van der Waals surface area contributed by atoms with Crippen molar-refractivity contribution in [3.8, 4) is 28.7 Å². The molecule has 0 aliphatic carbocycles. The van der Waals surface area contributed by atoms with E-state index in [0.29, 0.717) is 0 Å². The van der Waals surface area contributed by atoms with Crippen molar-refractivity contribution >= 4 is 17.6 Å². The third-order valence-electron chi connectivity index (χ3n) is 5.87. The van der Waals surface area contributed by atoms with E-state index in [2.05, 4.69) is 4.72 Å². The van der Waals surface area contributed by atoms with Gasteiger partial charge in [-0.05, 0) is 61.0 Å². The molecule has 0 radical (unpaired) electrons. The summed E-state index contributed by atoms with van der Waals surface area (Å²) in [6, 6.07) is 26.0. The van der Waals surface area contributed by atoms with Gasteiger partial charge in [0, 0.05) is 0 Å². The third kappa shape index (κ3) is 6.59. The molecular weight excluding hydrogens is 553 g/mol. The van der Waals surface area contributed by atoms with E-state index in [9.17, 15) is 13.0 Å². The molecule has 1 atom stereocenters. The Kier molecular flexibility index (Phi) is 9.04. The first-order valence-electron chi connectivity index (χ1n) is 12.2. The van der Waals surface area contributed by atoms with E-state index in [1.807, 2.05) is 6.92 Å². The topological polar surface area (TPSA) is 109 Å². The smallest absolute Gasteiger partial charge is 0.453 e. The van der Waals surface area contributed by atoms with Gasteiger partial charge in [-0.3, -0.25) is 0 Å². The molecule has 0 bridgehead atoms. The van der Waals surface area contributed by atoms with Crippen molar-refractivity contribution in [2.75, 3.05) is 21.3 Å². The van der Waals surface area contributed by atoms with Crippen LogP contribution < -0.4 is 28.0 Å². The molecule has 210 valence electrons. The molecule has 0 amide bonds. The van der Waals surface area contributed by atoms with Crippen molar-refractivity contribution in [2.24, 2.45) is 0 Å². The molecule has 0 aliphatic rings. The Labute approximate surface area is 234 Å². The summed E-state index contributed by atoms with van der Waals surface area (Å²) in [4.78, 5) is -0.0264. The van der Waals surface area contributed by atoms with Crippen molar-refractivity contribution in [1.29, 1.82) is 0 Å². The van der Waals surface area contributed by atoms with Crippen LogP contribution in [-0.2, 0) is 14.6 Å². The highest BCUT2D eigenvalue weighted by Crippen LogP contribution is 2.60. The number of ether oxygens (including phenoxy) is 3. The van der Waals surface area contributed by atoms with Crippen LogP contribution in [0.1, 0.15) is 16.9 Å². The summed E-state index contributed by atoms with van der Waals surface area (Å²) in [6.45, 7) is 1.85. The van der Waals surface area contributed by atoms with Crippen LogP contribution in [0.25, 0.3) is 0 Å². The largest absolute Gasteiger partial charge is 0.493 e. The maximum absolute atomic E-state index is 14.9. The first kappa shape index (κ1) is 29.0. The lowest BCUT2D eigenvalue weighted by molar-refractivity contribution is 0.323. The van der Waals surface area contributed by atoms with Crippen molar-refractivity contribution in [3.05, 3.63) is 108 Å². The summed E-state index contributed by atoms with van der Waals surface area (Å²) >= 11 is 0. The molecule has 1 N–H and O–H groups in total. The standard InChI is InChI=1S/C29H30NO8PS/c1-21-15-17-25(18-16-21)40(32,33)30-29(22-19-26(34-2)28(36-4)27(20-22)35-3)39(31,37-23-11-7-5-8-12-23)38-24-13-9-6-10-14-24/h5-20,29-30H,1-4H3. The monoisotopic (exact) mass is 583 g/mol. The molecule has 0 aromatic heterocycles. The molecule has 0 saturated carbocycles. The molecule has 0 saturated heterocycles. The Bertz CT molecular complexity index is 1510. The minimum Gasteiger partial charge on any atom is -0.493 e. The molecule has 4 aromatic rings. The number of hydrogen-bond acceptors (Lipinski definition) is 8. The number of rotatable bonds is 12. The normalized spacial score (nSPS) is 12.3. The van der Waals surface area contributed by atoms with Gasteiger partial charge in [0.05, 0.1) is 26.2 Å². The number of para-hydroxylation sites is 2. The van der Waals surface area contributed by atoms with Crippen LogP contribution in [-0.4, -0.2) is 29.7 Å². The first-order chi connectivity index (χ1) is 19.2. The molecule has 1 unspecified atom stereocenters. The van der Waals surface area contributed by atoms with Crippen molar-refractivity contribution in [1.82, 2.24) is 4.72 Å². The Morgan fingerprint density at radius 2 is 1.18 bits per heavy atom. The van der Waals surface area contributed by atoms with E-state index in [-0.39, 0.29) is 39.2 Å². The summed E-state index contributed by atoms with van der Waals surface area (Å²) in [6.07, 6.45) is 0. The van der Waals surface area contributed by atoms with E-state index in [4.69, 9.17) is 23.3 Å². The molecule has 0 heterocycles. The number of benzene rings is 4. The zero-order chi connectivity index (χ0) is 28.8. The minimum absolute atomic E-state index is 0.0264. The van der Waals surface area contributed by atoms with Gasteiger partial charge in [-0.15, -0.1) is 0 Å². The number of nitrogens with one attached hydrogen (secondary N) is 1. The summed E-state index contributed by atoms with van der Waals surface area (Å²) in [5.74, 6) is -0.392. The highest BCUT2D eigenvalue weighted by Gasteiger charge is 2.44. The second kappa shape index (κ2) is 12.5. The molecule has 11 heteroatoms. The van der Waals surface area contributed by atoms with Gasteiger partial charge in [-0.1, -0.05) is 54.1 Å². The van der Waals surface area contributed by atoms with E-state index in [0.717, 1.165) is 5.56 Å². The summed E-state index contributed by atoms with van der Waals surface area (Å²) < 4.78 is 73.3. The predicted octanol–water partition coefficient (Wildman–Crippen LogP) is 6.35. The van der Waals surface area contributed by atoms with E-state index in [1.54, 1.807) is 72.8 Å². The SMILES string of the molecule is COc1cc(C(NS(=O)(=O)c2ccc(C)cc2)P(=O)(Oc2ccccc2)Oc2ccccc2)cc(OC)c1OC. The third-order valence-corrected chi connectivity index (χ3v) is 9.47. The van der Waals surface area contributed by atoms with Crippen LogP contribution >= 0.6 is 7.60 Å². The first-order valence-corrected chi connectivity index (χ1v) is 15.3. The number of hydrogen-bond donors (Lipinski definition) is 1.